The smallest absolute Gasteiger partial charge is 0.372 e. The maximum Gasteiger partial charge on any atom is 0.417 e. The van der Waals surface area contributed by atoms with Crippen LogP contribution in [0.15, 0.2) is 41.3 Å². The molecule has 0 saturated carbocycles. The Labute approximate surface area is 159 Å². The van der Waals surface area contributed by atoms with Crippen LogP contribution in [0.5, 0.6) is 0 Å². The highest BCUT2D eigenvalue weighted by Gasteiger charge is 2.32. The average molecular weight is 402 g/mol. The van der Waals surface area contributed by atoms with Crippen LogP contribution in [0, 0.1) is 0 Å². The number of halogens is 4. The number of aromatic nitrogens is 1. The summed E-state index contributed by atoms with van der Waals surface area (Å²) in [7, 11) is 0. The van der Waals surface area contributed by atoms with Crippen LogP contribution in [-0.4, -0.2) is 23.6 Å². The topological polar surface area (TPSA) is 54.3 Å². The van der Waals surface area contributed by atoms with Gasteiger partial charge in [0, 0.05) is 30.7 Å². The van der Waals surface area contributed by atoms with Gasteiger partial charge in [0.05, 0.1) is 5.56 Å². The van der Waals surface area contributed by atoms with Gasteiger partial charge in [0.2, 0.25) is 5.91 Å². The van der Waals surface area contributed by atoms with Crippen molar-refractivity contribution in [3.63, 3.8) is 0 Å². The molecule has 0 radical (unpaired) electrons. The highest BCUT2D eigenvalue weighted by molar-refractivity contribution is 6.30. The Bertz CT molecular complexity index is 860. The summed E-state index contributed by atoms with van der Waals surface area (Å²) in [6.45, 7) is 5.14. The first-order valence-corrected chi connectivity index (χ1v) is 8.65. The van der Waals surface area contributed by atoms with Crippen LogP contribution in [0.25, 0.3) is 0 Å². The van der Waals surface area contributed by atoms with Crippen molar-refractivity contribution in [2.24, 2.45) is 0 Å². The lowest BCUT2D eigenvalue weighted by Gasteiger charge is -2.21. The second-order valence-corrected chi connectivity index (χ2v) is 6.18. The van der Waals surface area contributed by atoms with Crippen LogP contribution in [0.4, 0.5) is 24.5 Å². The van der Waals surface area contributed by atoms with Crippen molar-refractivity contribution in [1.82, 2.24) is 4.57 Å². The number of carbonyl (C=O) groups is 1. The maximum absolute atomic E-state index is 12.8. The largest absolute Gasteiger partial charge is 0.417 e. The summed E-state index contributed by atoms with van der Waals surface area (Å²) in [6.07, 6.45) is -4.09. The molecule has 0 aliphatic carbocycles. The minimum Gasteiger partial charge on any atom is -0.372 e. The number of amides is 1. The Morgan fingerprint density at radius 2 is 1.78 bits per heavy atom. The molecule has 1 aromatic heterocycles. The van der Waals surface area contributed by atoms with Crippen LogP contribution in [0.1, 0.15) is 19.4 Å². The number of nitrogens with zero attached hydrogens (tertiary/aromatic N) is 2. The molecule has 1 N–H and O–H groups in total. The molecule has 0 fully saturated rings. The number of rotatable bonds is 6. The number of pyridine rings is 1. The van der Waals surface area contributed by atoms with E-state index in [2.05, 4.69) is 10.2 Å². The van der Waals surface area contributed by atoms with Crippen molar-refractivity contribution in [3.8, 4) is 0 Å². The molecule has 5 nitrogen and oxygen atoms in total. The second-order valence-electron chi connectivity index (χ2n) is 5.77. The zero-order valence-electron chi connectivity index (χ0n) is 14.8. The number of nitrogens with one attached hydrogen (secondary N) is 1. The van der Waals surface area contributed by atoms with E-state index in [0.29, 0.717) is 22.5 Å². The van der Waals surface area contributed by atoms with Crippen LogP contribution in [0.2, 0.25) is 5.02 Å². The summed E-state index contributed by atoms with van der Waals surface area (Å²) >= 11 is 5.57. The van der Waals surface area contributed by atoms with E-state index >= 15 is 0 Å². The molecule has 0 atom stereocenters. The van der Waals surface area contributed by atoms with E-state index in [9.17, 15) is 22.8 Å². The van der Waals surface area contributed by atoms with E-state index in [0.717, 1.165) is 18.8 Å². The first-order chi connectivity index (χ1) is 12.7. The molecular formula is C18H19ClF3N3O2. The van der Waals surface area contributed by atoms with E-state index in [1.165, 1.54) is 0 Å². The highest BCUT2D eigenvalue weighted by atomic mass is 35.5. The fraction of sp³-hybridized carbons (Fsp3) is 0.333. The predicted octanol–water partition coefficient (Wildman–Crippen LogP) is 4.01. The number of anilines is 2. The fourth-order valence-corrected chi connectivity index (χ4v) is 2.80. The van der Waals surface area contributed by atoms with Crippen molar-refractivity contribution in [1.29, 1.82) is 0 Å². The third kappa shape index (κ3) is 5.26. The van der Waals surface area contributed by atoms with Gasteiger partial charge in [0.1, 0.15) is 11.6 Å². The molecule has 9 heteroatoms. The van der Waals surface area contributed by atoms with Gasteiger partial charge in [-0.1, -0.05) is 11.6 Å². The minimum absolute atomic E-state index is 0.474. The van der Waals surface area contributed by atoms with Gasteiger partial charge in [-0.2, -0.15) is 13.2 Å². The Morgan fingerprint density at radius 3 is 2.30 bits per heavy atom. The molecule has 146 valence electrons. The molecule has 1 amide bonds. The SMILES string of the molecule is CCN(CC)c1ccc(NC(=O)Cn2cc(C(F)(F)F)cc(Cl)c2=O)cc1. The highest BCUT2D eigenvalue weighted by Crippen LogP contribution is 2.29. The van der Waals surface area contributed by atoms with Gasteiger partial charge in [-0.3, -0.25) is 9.59 Å². The third-order valence-corrected chi connectivity index (χ3v) is 4.23. The van der Waals surface area contributed by atoms with Gasteiger partial charge in [0.15, 0.2) is 0 Å². The minimum atomic E-state index is -4.67. The number of hydrogen-bond acceptors (Lipinski definition) is 3. The van der Waals surface area contributed by atoms with Crippen LogP contribution in [0.3, 0.4) is 0 Å². The first kappa shape index (κ1) is 20.8. The zero-order valence-corrected chi connectivity index (χ0v) is 15.6. The quantitative estimate of drug-likeness (QED) is 0.795. The molecule has 27 heavy (non-hydrogen) atoms. The van der Waals surface area contributed by atoms with E-state index in [-0.39, 0.29) is 0 Å². The maximum atomic E-state index is 12.8. The number of alkyl halides is 3. The van der Waals surface area contributed by atoms with Crippen LogP contribution in [-0.2, 0) is 17.5 Å². The monoisotopic (exact) mass is 401 g/mol. The standard InChI is InChI=1S/C18H19ClF3N3O2/c1-3-24(4-2)14-7-5-13(6-8-14)23-16(26)11-25-10-12(18(20,21)22)9-15(19)17(25)27/h5-10H,3-4,11H2,1-2H3,(H,23,26). The molecule has 0 unspecified atom stereocenters. The van der Waals surface area contributed by atoms with Crippen molar-refractivity contribution in [2.75, 3.05) is 23.3 Å². The normalized spacial score (nSPS) is 11.3. The second kappa shape index (κ2) is 8.47. The summed E-state index contributed by atoms with van der Waals surface area (Å²) in [5.74, 6) is -0.636. The van der Waals surface area contributed by atoms with Gasteiger partial charge in [-0.05, 0) is 44.2 Å². The fourth-order valence-electron chi connectivity index (χ4n) is 2.57. The molecule has 2 aromatic rings. The van der Waals surface area contributed by atoms with Crippen molar-refractivity contribution in [2.45, 2.75) is 26.6 Å². The van der Waals surface area contributed by atoms with Crippen LogP contribution < -0.4 is 15.8 Å². The van der Waals surface area contributed by atoms with E-state index in [4.69, 9.17) is 11.6 Å². The molecule has 2 rings (SSSR count). The van der Waals surface area contributed by atoms with Crippen molar-refractivity contribution in [3.05, 3.63) is 57.5 Å². The summed E-state index contributed by atoms with van der Waals surface area (Å²) < 4.78 is 39.2. The third-order valence-electron chi connectivity index (χ3n) is 3.96. The van der Waals surface area contributed by atoms with Gasteiger partial charge in [0.25, 0.3) is 5.56 Å². The lowest BCUT2D eigenvalue weighted by Crippen LogP contribution is -2.29. The van der Waals surface area contributed by atoms with Gasteiger partial charge < -0.3 is 14.8 Å². The van der Waals surface area contributed by atoms with Crippen molar-refractivity contribution >= 4 is 28.9 Å². The lowest BCUT2D eigenvalue weighted by molar-refractivity contribution is -0.138. The molecule has 0 spiro atoms. The van der Waals surface area contributed by atoms with Gasteiger partial charge >= 0.3 is 6.18 Å². The van der Waals surface area contributed by atoms with E-state index < -0.39 is 34.8 Å². The van der Waals surface area contributed by atoms with Gasteiger partial charge in [-0.15, -0.1) is 0 Å². The number of carbonyl (C=O) groups excluding carboxylic acids is 1. The molecule has 1 heterocycles. The van der Waals surface area contributed by atoms with Gasteiger partial charge in [-0.25, -0.2) is 0 Å². The first-order valence-electron chi connectivity index (χ1n) is 8.27. The zero-order chi connectivity index (χ0) is 20.2. The molecular weight excluding hydrogens is 383 g/mol. The molecule has 1 aromatic carbocycles. The Hall–Kier alpha value is -2.48. The Balaban J connectivity index is 2.14. The molecule has 0 aliphatic heterocycles. The number of benzene rings is 1. The molecule has 0 bridgehead atoms. The molecule has 0 saturated heterocycles. The lowest BCUT2D eigenvalue weighted by atomic mass is 10.2. The van der Waals surface area contributed by atoms with Crippen molar-refractivity contribution < 1.29 is 18.0 Å². The predicted molar refractivity (Wildman–Crippen MR) is 99.3 cm³/mol. The Morgan fingerprint density at radius 1 is 1.19 bits per heavy atom. The summed E-state index contributed by atoms with van der Waals surface area (Å²) in [6, 6.07) is 7.58. The number of hydrogen-bond donors (Lipinski definition) is 1. The summed E-state index contributed by atoms with van der Waals surface area (Å²) in [4.78, 5) is 26.2. The molecule has 0 aliphatic rings. The Kier molecular flexibility index (Phi) is 6.54. The summed E-state index contributed by atoms with van der Waals surface area (Å²) in [5, 5.41) is 1.96. The van der Waals surface area contributed by atoms with E-state index in [1.807, 2.05) is 26.0 Å². The summed E-state index contributed by atoms with van der Waals surface area (Å²) in [5.41, 5.74) is -0.499. The average Bonchev–Trinajstić information content (AvgIpc) is 2.60. The van der Waals surface area contributed by atoms with E-state index in [1.54, 1.807) is 12.1 Å². The van der Waals surface area contributed by atoms with Crippen LogP contribution >= 0.6 is 11.6 Å².